The molecule has 0 fully saturated rings. The van der Waals surface area contributed by atoms with E-state index < -0.39 is 5.82 Å². The third kappa shape index (κ3) is 3.62. The van der Waals surface area contributed by atoms with Crippen molar-refractivity contribution in [3.8, 4) is 0 Å². The predicted molar refractivity (Wildman–Crippen MR) is 62.0 cm³/mol. The molecule has 4 heteroatoms. The summed E-state index contributed by atoms with van der Waals surface area (Å²) in [5, 5.41) is 7.25. The molecule has 1 aromatic carbocycles. The second-order valence-corrected chi connectivity index (χ2v) is 3.79. The van der Waals surface area contributed by atoms with Gasteiger partial charge in [0, 0.05) is 5.56 Å². The summed E-state index contributed by atoms with van der Waals surface area (Å²) in [6.45, 7) is 4.33. The average molecular weight is 224 g/mol. The first-order valence-electron chi connectivity index (χ1n) is 5.28. The van der Waals surface area contributed by atoms with E-state index in [0.717, 1.165) is 6.42 Å². The monoisotopic (exact) mass is 224 g/mol. The Morgan fingerprint density at radius 1 is 1.50 bits per heavy atom. The van der Waals surface area contributed by atoms with Crippen LogP contribution in [0.2, 0.25) is 0 Å². The van der Waals surface area contributed by atoms with Crippen LogP contribution in [0.15, 0.2) is 18.2 Å². The molecule has 3 N–H and O–H groups in total. The van der Waals surface area contributed by atoms with Gasteiger partial charge in [0.15, 0.2) is 0 Å². The molecule has 0 amide bonds. The van der Waals surface area contributed by atoms with Crippen molar-refractivity contribution < 1.29 is 9.13 Å². The highest BCUT2D eigenvalue weighted by Gasteiger charge is 2.05. The molecule has 16 heavy (non-hydrogen) atoms. The standard InChI is InChI=1S/C12H17FN2O/c1-3-8(2)16-7-9-4-10(12(14)15)6-11(13)5-9/h4-6,8H,3,7H2,1-2H3,(H3,14,15). The number of hydrogen-bond acceptors (Lipinski definition) is 2. The maximum atomic E-state index is 13.2. The van der Waals surface area contributed by atoms with Crippen LogP contribution in [0.4, 0.5) is 4.39 Å². The van der Waals surface area contributed by atoms with Crippen molar-refractivity contribution >= 4 is 5.84 Å². The number of nitrogen functional groups attached to an aromatic ring is 1. The molecule has 3 nitrogen and oxygen atoms in total. The van der Waals surface area contributed by atoms with Gasteiger partial charge in [0.1, 0.15) is 11.7 Å². The fourth-order valence-corrected chi connectivity index (χ4v) is 1.25. The minimum absolute atomic E-state index is 0.135. The molecule has 0 radical (unpaired) electrons. The minimum atomic E-state index is -0.393. The SMILES string of the molecule is CCC(C)OCc1cc(F)cc(C(=N)N)c1. The Bertz CT molecular complexity index is 379. The highest BCUT2D eigenvalue weighted by Crippen LogP contribution is 2.11. The number of nitrogens with one attached hydrogen (secondary N) is 1. The fraction of sp³-hybridized carbons (Fsp3) is 0.417. The topological polar surface area (TPSA) is 59.1 Å². The summed E-state index contributed by atoms with van der Waals surface area (Å²) in [6, 6.07) is 4.32. The quantitative estimate of drug-likeness (QED) is 0.596. The summed E-state index contributed by atoms with van der Waals surface area (Å²) in [6.07, 6.45) is 1.05. The van der Waals surface area contributed by atoms with Crippen LogP contribution in [0.5, 0.6) is 0 Å². The Morgan fingerprint density at radius 2 is 2.19 bits per heavy atom. The van der Waals surface area contributed by atoms with Crippen LogP contribution < -0.4 is 5.73 Å². The van der Waals surface area contributed by atoms with Gasteiger partial charge in [-0.3, -0.25) is 5.41 Å². The summed E-state index contributed by atoms with van der Waals surface area (Å²) >= 11 is 0. The third-order valence-corrected chi connectivity index (χ3v) is 2.38. The Balaban J connectivity index is 2.76. The van der Waals surface area contributed by atoms with E-state index in [1.807, 2.05) is 13.8 Å². The van der Waals surface area contributed by atoms with Crippen molar-refractivity contribution in [3.63, 3.8) is 0 Å². The summed E-state index contributed by atoms with van der Waals surface area (Å²) in [4.78, 5) is 0. The number of halogens is 1. The fourth-order valence-electron chi connectivity index (χ4n) is 1.25. The van der Waals surface area contributed by atoms with Crippen molar-refractivity contribution in [1.82, 2.24) is 0 Å². The molecule has 0 saturated carbocycles. The lowest BCUT2D eigenvalue weighted by Crippen LogP contribution is -2.12. The molecule has 88 valence electrons. The van der Waals surface area contributed by atoms with Gasteiger partial charge in [-0.15, -0.1) is 0 Å². The van der Waals surface area contributed by atoms with Crippen LogP contribution in [-0.4, -0.2) is 11.9 Å². The van der Waals surface area contributed by atoms with Gasteiger partial charge in [-0.1, -0.05) is 6.92 Å². The zero-order valence-corrected chi connectivity index (χ0v) is 9.59. The largest absolute Gasteiger partial charge is 0.384 e. The van der Waals surface area contributed by atoms with Crippen LogP contribution in [0.25, 0.3) is 0 Å². The number of ether oxygens (including phenoxy) is 1. The number of rotatable bonds is 5. The van der Waals surface area contributed by atoms with Gasteiger partial charge in [-0.2, -0.15) is 0 Å². The lowest BCUT2D eigenvalue weighted by atomic mass is 10.1. The van der Waals surface area contributed by atoms with E-state index in [-0.39, 0.29) is 11.9 Å². The molecule has 1 rings (SSSR count). The predicted octanol–water partition coefficient (Wildman–Crippen LogP) is 2.42. The van der Waals surface area contributed by atoms with Crippen LogP contribution in [0.3, 0.4) is 0 Å². The molecular weight excluding hydrogens is 207 g/mol. The third-order valence-electron chi connectivity index (χ3n) is 2.38. The average Bonchev–Trinajstić information content (AvgIpc) is 2.25. The first-order valence-corrected chi connectivity index (χ1v) is 5.28. The molecule has 0 spiro atoms. The van der Waals surface area contributed by atoms with E-state index in [1.165, 1.54) is 12.1 Å². The van der Waals surface area contributed by atoms with Gasteiger partial charge >= 0.3 is 0 Å². The van der Waals surface area contributed by atoms with Gasteiger partial charge in [-0.05, 0) is 37.1 Å². The van der Waals surface area contributed by atoms with E-state index in [1.54, 1.807) is 6.07 Å². The Kier molecular flexibility index (Phi) is 4.43. The molecule has 1 aromatic rings. The zero-order valence-electron chi connectivity index (χ0n) is 9.59. The van der Waals surface area contributed by atoms with Crippen LogP contribution in [-0.2, 0) is 11.3 Å². The van der Waals surface area contributed by atoms with Crippen LogP contribution >= 0.6 is 0 Å². The summed E-state index contributed by atoms with van der Waals surface area (Å²) in [5.74, 6) is -0.528. The molecule has 0 saturated heterocycles. The first kappa shape index (κ1) is 12.6. The van der Waals surface area contributed by atoms with Crippen molar-refractivity contribution in [1.29, 1.82) is 5.41 Å². The second-order valence-electron chi connectivity index (χ2n) is 3.79. The molecule has 0 aliphatic carbocycles. The molecule has 0 bridgehead atoms. The smallest absolute Gasteiger partial charge is 0.124 e. The van der Waals surface area contributed by atoms with Crippen LogP contribution in [0.1, 0.15) is 31.4 Å². The van der Waals surface area contributed by atoms with Crippen molar-refractivity contribution in [2.45, 2.75) is 33.0 Å². The van der Waals surface area contributed by atoms with Crippen LogP contribution in [0, 0.1) is 11.2 Å². The highest BCUT2D eigenvalue weighted by atomic mass is 19.1. The minimum Gasteiger partial charge on any atom is -0.384 e. The van der Waals surface area contributed by atoms with Crippen molar-refractivity contribution in [2.24, 2.45) is 5.73 Å². The normalized spacial score (nSPS) is 12.4. The number of benzene rings is 1. The van der Waals surface area contributed by atoms with E-state index in [9.17, 15) is 4.39 Å². The molecule has 1 unspecified atom stereocenters. The Labute approximate surface area is 94.9 Å². The van der Waals surface area contributed by atoms with Gasteiger partial charge in [0.05, 0.1) is 12.7 Å². The first-order chi connectivity index (χ1) is 7.52. The van der Waals surface area contributed by atoms with Gasteiger partial charge in [0.2, 0.25) is 0 Å². The van der Waals surface area contributed by atoms with Gasteiger partial charge in [0.25, 0.3) is 0 Å². The van der Waals surface area contributed by atoms with E-state index in [2.05, 4.69) is 0 Å². The highest BCUT2D eigenvalue weighted by molar-refractivity contribution is 5.95. The Morgan fingerprint density at radius 3 is 2.75 bits per heavy atom. The molecule has 0 aliphatic heterocycles. The van der Waals surface area contributed by atoms with E-state index >= 15 is 0 Å². The van der Waals surface area contributed by atoms with E-state index in [0.29, 0.717) is 17.7 Å². The molecule has 1 atom stereocenters. The molecule has 0 aliphatic rings. The number of amidine groups is 1. The van der Waals surface area contributed by atoms with E-state index in [4.69, 9.17) is 15.9 Å². The number of hydrogen-bond donors (Lipinski definition) is 2. The Hall–Kier alpha value is -1.42. The van der Waals surface area contributed by atoms with Crippen molar-refractivity contribution in [3.05, 3.63) is 35.1 Å². The summed E-state index contributed by atoms with van der Waals surface area (Å²) < 4.78 is 18.7. The second kappa shape index (κ2) is 5.61. The molecular formula is C12H17FN2O. The lowest BCUT2D eigenvalue weighted by molar-refractivity contribution is 0.0507. The maximum absolute atomic E-state index is 13.2. The lowest BCUT2D eigenvalue weighted by Gasteiger charge is -2.11. The molecule has 0 aromatic heterocycles. The van der Waals surface area contributed by atoms with Gasteiger partial charge < -0.3 is 10.5 Å². The van der Waals surface area contributed by atoms with Crippen molar-refractivity contribution in [2.75, 3.05) is 0 Å². The van der Waals surface area contributed by atoms with Gasteiger partial charge in [-0.25, -0.2) is 4.39 Å². The number of nitrogens with two attached hydrogens (primary N) is 1. The summed E-state index contributed by atoms with van der Waals surface area (Å²) in [7, 11) is 0. The zero-order chi connectivity index (χ0) is 12.1. The maximum Gasteiger partial charge on any atom is 0.124 e. The summed E-state index contributed by atoms with van der Waals surface area (Å²) in [5.41, 5.74) is 6.40. The molecule has 0 heterocycles.